The Bertz CT molecular complexity index is 672. The van der Waals surface area contributed by atoms with Crippen LogP contribution in [0.5, 0.6) is 0 Å². The average Bonchev–Trinajstić information content (AvgIpc) is 3.02. The Morgan fingerprint density at radius 2 is 2.35 bits per heavy atom. The van der Waals surface area contributed by atoms with Crippen LogP contribution in [-0.4, -0.2) is 35.1 Å². The molecule has 1 saturated heterocycles. The molecule has 106 valence electrons. The van der Waals surface area contributed by atoms with E-state index >= 15 is 0 Å². The number of carbonyl (C=O) groups is 1. The highest BCUT2D eigenvalue weighted by Gasteiger charge is 2.31. The highest BCUT2D eigenvalue weighted by molar-refractivity contribution is 7.21. The van der Waals surface area contributed by atoms with Gasteiger partial charge in [-0.05, 0) is 31.0 Å². The van der Waals surface area contributed by atoms with E-state index in [2.05, 4.69) is 0 Å². The molecule has 0 unspecified atom stereocenters. The van der Waals surface area contributed by atoms with Crippen molar-refractivity contribution in [2.45, 2.75) is 18.9 Å². The summed E-state index contributed by atoms with van der Waals surface area (Å²) in [7, 11) is 0. The number of hydrogen-bond acceptors (Lipinski definition) is 3. The molecule has 0 spiro atoms. The minimum atomic E-state index is -0.344. The minimum absolute atomic E-state index is 0.0388. The van der Waals surface area contributed by atoms with Crippen molar-refractivity contribution in [3.05, 3.63) is 33.9 Å². The second kappa shape index (κ2) is 5.31. The van der Waals surface area contributed by atoms with Gasteiger partial charge in [0.25, 0.3) is 5.91 Å². The van der Waals surface area contributed by atoms with Crippen molar-refractivity contribution in [1.82, 2.24) is 4.90 Å². The number of likely N-dealkylation sites (tertiary alicyclic amines) is 1. The van der Waals surface area contributed by atoms with Crippen LogP contribution in [-0.2, 0) is 0 Å². The molecular weight excluding hydrogens is 301 g/mol. The van der Waals surface area contributed by atoms with Gasteiger partial charge in [0.2, 0.25) is 0 Å². The molecule has 1 aliphatic heterocycles. The molecule has 0 saturated carbocycles. The smallest absolute Gasteiger partial charge is 0.265 e. The molecule has 1 N–H and O–H groups in total. The van der Waals surface area contributed by atoms with Crippen LogP contribution in [0, 0.1) is 5.82 Å². The van der Waals surface area contributed by atoms with Crippen LogP contribution in [0.15, 0.2) is 18.2 Å². The molecule has 0 radical (unpaired) electrons. The Hall–Kier alpha value is -1.17. The van der Waals surface area contributed by atoms with Gasteiger partial charge in [0.05, 0.1) is 17.7 Å². The monoisotopic (exact) mass is 313 g/mol. The Labute approximate surface area is 124 Å². The van der Waals surface area contributed by atoms with Gasteiger partial charge >= 0.3 is 0 Å². The number of aliphatic hydroxyl groups is 1. The number of carbonyl (C=O) groups excluding carboxylic acids is 1. The predicted molar refractivity (Wildman–Crippen MR) is 77.9 cm³/mol. The van der Waals surface area contributed by atoms with Crippen LogP contribution in [0.4, 0.5) is 4.39 Å². The highest BCUT2D eigenvalue weighted by Crippen LogP contribution is 2.37. The standard InChI is InChI=1S/C14H13ClFNO2S/c15-12-10-4-3-8(16)6-11(10)20-13(12)14(19)17-5-1-2-9(17)7-18/h3-4,6,9,18H,1-2,5,7H2/t9-/m1/s1. The van der Waals surface area contributed by atoms with Crippen molar-refractivity contribution < 1.29 is 14.3 Å². The van der Waals surface area contributed by atoms with Gasteiger partial charge in [-0.2, -0.15) is 0 Å². The molecule has 1 aromatic heterocycles. The SMILES string of the molecule is O=C(c1sc2cc(F)ccc2c1Cl)N1CCC[C@@H]1CO. The van der Waals surface area contributed by atoms with E-state index in [1.54, 1.807) is 11.0 Å². The van der Waals surface area contributed by atoms with E-state index in [1.165, 1.54) is 23.5 Å². The van der Waals surface area contributed by atoms with Crippen LogP contribution < -0.4 is 0 Å². The summed E-state index contributed by atoms with van der Waals surface area (Å²) < 4.78 is 13.9. The summed E-state index contributed by atoms with van der Waals surface area (Å²) in [6.07, 6.45) is 1.69. The van der Waals surface area contributed by atoms with Crippen LogP contribution in [0.25, 0.3) is 10.1 Å². The first kappa shape index (κ1) is 13.8. The first-order valence-electron chi connectivity index (χ1n) is 6.41. The lowest BCUT2D eigenvalue weighted by molar-refractivity contribution is 0.0682. The maximum Gasteiger partial charge on any atom is 0.265 e. The van der Waals surface area contributed by atoms with Gasteiger partial charge < -0.3 is 10.0 Å². The summed E-state index contributed by atoms with van der Waals surface area (Å²) in [4.78, 5) is 14.6. The third-order valence-corrected chi connectivity index (χ3v) is 5.28. The van der Waals surface area contributed by atoms with Gasteiger partial charge in [-0.3, -0.25) is 4.79 Å². The number of benzene rings is 1. The van der Waals surface area contributed by atoms with Crippen molar-refractivity contribution in [3.8, 4) is 0 Å². The molecule has 3 rings (SSSR count). The molecule has 2 heterocycles. The number of rotatable bonds is 2. The molecule has 3 nitrogen and oxygen atoms in total. The topological polar surface area (TPSA) is 40.5 Å². The minimum Gasteiger partial charge on any atom is -0.394 e. The highest BCUT2D eigenvalue weighted by atomic mass is 35.5. The second-order valence-corrected chi connectivity index (χ2v) is 6.29. The van der Waals surface area contributed by atoms with E-state index in [1.807, 2.05) is 0 Å². The number of hydrogen-bond donors (Lipinski definition) is 1. The quantitative estimate of drug-likeness (QED) is 0.924. The van der Waals surface area contributed by atoms with E-state index in [9.17, 15) is 14.3 Å². The number of nitrogens with zero attached hydrogens (tertiary/aromatic N) is 1. The van der Waals surface area contributed by atoms with Crippen molar-refractivity contribution in [2.24, 2.45) is 0 Å². The maximum absolute atomic E-state index is 13.2. The molecule has 1 atom stereocenters. The fourth-order valence-corrected chi connectivity index (χ4v) is 4.09. The second-order valence-electron chi connectivity index (χ2n) is 4.86. The van der Waals surface area contributed by atoms with Gasteiger partial charge in [-0.25, -0.2) is 4.39 Å². The zero-order valence-corrected chi connectivity index (χ0v) is 12.2. The number of amides is 1. The van der Waals surface area contributed by atoms with Crippen molar-refractivity contribution in [3.63, 3.8) is 0 Å². The van der Waals surface area contributed by atoms with Crippen LogP contribution in [0.1, 0.15) is 22.5 Å². The number of fused-ring (bicyclic) bond motifs is 1. The van der Waals surface area contributed by atoms with E-state index in [-0.39, 0.29) is 24.4 Å². The molecule has 1 aliphatic rings. The Morgan fingerprint density at radius 3 is 3.10 bits per heavy atom. The van der Waals surface area contributed by atoms with E-state index in [0.717, 1.165) is 12.8 Å². The van der Waals surface area contributed by atoms with Crippen LogP contribution >= 0.6 is 22.9 Å². The molecule has 0 aliphatic carbocycles. The largest absolute Gasteiger partial charge is 0.394 e. The van der Waals surface area contributed by atoms with E-state index in [0.29, 0.717) is 26.5 Å². The lowest BCUT2D eigenvalue weighted by Crippen LogP contribution is -2.37. The third kappa shape index (κ3) is 2.20. The molecule has 1 aromatic carbocycles. The van der Waals surface area contributed by atoms with Crippen molar-refractivity contribution in [1.29, 1.82) is 0 Å². The fourth-order valence-electron chi connectivity index (χ4n) is 2.60. The molecule has 1 amide bonds. The van der Waals surface area contributed by atoms with Gasteiger partial charge in [-0.1, -0.05) is 11.6 Å². The zero-order valence-electron chi connectivity index (χ0n) is 10.6. The zero-order chi connectivity index (χ0) is 14.3. The summed E-state index contributed by atoms with van der Waals surface area (Å²) in [6, 6.07) is 4.17. The summed E-state index contributed by atoms with van der Waals surface area (Å²) in [5.41, 5.74) is 0. The van der Waals surface area contributed by atoms with Crippen LogP contribution in [0.3, 0.4) is 0 Å². The maximum atomic E-state index is 13.2. The Balaban J connectivity index is 2.01. The van der Waals surface area contributed by atoms with E-state index < -0.39 is 0 Å². The first-order valence-corrected chi connectivity index (χ1v) is 7.60. The first-order chi connectivity index (χ1) is 9.61. The third-order valence-electron chi connectivity index (χ3n) is 3.63. The molecule has 2 aromatic rings. The lowest BCUT2D eigenvalue weighted by Gasteiger charge is -2.22. The predicted octanol–water partition coefficient (Wildman–Crippen LogP) is 3.29. The number of aliphatic hydroxyl groups excluding tert-OH is 1. The molecule has 20 heavy (non-hydrogen) atoms. The Kier molecular flexibility index (Phi) is 3.67. The molecule has 6 heteroatoms. The molecule has 0 bridgehead atoms. The Morgan fingerprint density at radius 1 is 1.55 bits per heavy atom. The lowest BCUT2D eigenvalue weighted by atomic mass is 10.2. The summed E-state index contributed by atoms with van der Waals surface area (Å²) in [5.74, 6) is -0.517. The number of halogens is 2. The summed E-state index contributed by atoms with van der Waals surface area (Å²) in [6.45, 7) is 0.589. The number of thiophene rings is 1. The van der Waals surface area contributed by atoms with Gasteiger partial charge in [0.15, 0.2) is 0 Å². The van der Waals surface area contributed by atoms with E-state index in [4.69, 9.17) is 11.6 Å². The molecular formula is C14H13ClFNO2S. The average molecular weight is 314 g/mol. The van der Waals surface area contributed by atoms with Gasteiger partial charge in [-0.15, -0.1) is 11.3 Å². The van der Waals surface area contributed by atoms with Gasteiger partial charge in [0, 0.05) is 16.6 Å². The van der Waals surface area contributed by atoms with Crippen LogP contribution in [0.2, 0.25) is 5.02 Å². The van der Waals surface area contributed by atoms with Gasteiger partial charge in [0.1, 0.15) is 10.7 Å². The summed E-state index contributed by atoms with van der Waals surface area (Å²) >= 11 is 7.45. The fraction of sp³-hybridized carbons (Fsp3) is 0.357. The summed E-state index contributed by atoms with van der Waals surface area (Å²) in [5, 5.41) is 10.4. The van der Waals surface area contributed by atoms with Crippen molar-refractivity contribution >= 4 is 38.9 Å². The normalized spacial score (nSPS) is 18.9. The molecule has 1 fully saturated rings. The van der Waals surface area contributed by atoms with Crippen molar-refractivity contribution in [2.75, 3.05) is 13.2 Å².